The molecule has 0 radical (unpaired) electrons. The molecule has 5 heteroatoms. The van der Waals surface area contributed by atoms with Crippen LogP contribution in [0.15, 0.2) is 0 Å². The molecule has 0 atom stereocenters. The van der Waals surface area contributed by atoms with Gasteiger partial charge in [-0.15, -0.1) is 0 Å². The number of hydrogen-bond donors (Lipinski definition) is 1. The first kappa shape index (κ1) is 12.4. The summed E-state index contributed by atoms with van der Waals surface area (Å²) >= 11 is 0. The van der Waals surface area contributed by atoms with E-state index < -0.39 is 0 Å². The molecule has 1 aliphatic heterocycles. The van der Waals surface area contributed by atoms with E-state index in [1.165, 1.54) is 0 Å². The second kappa shape index (κ2) is 5.04. The highest BCUT2D eigenvalue weighted by Crippen LogP contribution is 2.25. The van der Waals surface area contributed by atoms with Crippen LogP contribution >= 0.6 is 0 Å². The molecule has 1 aliphatic carbocycles. The monoisotopic (exact) mass is 239 g/mol. The highest BCUT2D eigenvalue weighted by molar-refractivity contribution is 5.87. The van der Waals surface area contributed by atoms with Gasteiger partial charge < -0.3 is 15.5 Å². The molecule has 1 saturated heterocycles. The van der Waals surface area contributed by atoms with E-state index in [0.717, 1.165) is 25.7 Å². The Morgan fingerprint density at radius 2 is 1.88 bits per heavy atom. The summed E-state index contributed by atoms with van der Waals surface area (Å²) in [6, 6.07) is 0.258. The predicted molar refractivity (Wildman–Crippen MR) is 64.2 cm³/mol. The van der Waals surface area contributed by atoms with Crippen molar-refractivity contribution in [3.05, 3.63) is 0 Å². The summed E-state index contributed by atoms with van der Waals surface area (Å²) in [6.45, 7) is 1.57. The van der Waals surface area contributed by atoms with E-state index in [1.54, 1.807) is 16.8 Å². The van der Waals surface area contributed by atoms with Crippen LogP contribution in [0.5, 0.6) is 0 Å². The minimum absolute atomic E-state index is 0.0390. The number of nitrogens with zero attached hydrogens (tertiary/aromatic N) is 2. The molecular formula is C12H21N3O2. The number of likely N-dealkylation sites (N-methyl/N-ethyl adjacent to an activating group) is 1. The molecule has 5 nitrogen and oxygen atoms in total. The minimum atomic E-state index is 0.0390. The second-order valence-corrected chi connectivity index (χ2v) is 5.19. The van der Waals surface area contributed by atoms with E-state index >= 15 is 0 Å². The van der Waals surface area contributed by atoms with E-state index in [0.29, 0.717) is 13.1 Å². The zero-order chi connectivity index (χ0) is 12.4. The van der Waals surface area contributed by atoms with Gasteiger partial charge in [-0.2, -0.15) is 0 Å². The smallest absolute Gasteiger partial charge is 0.241 e. The van der Waals surface area contributed by atoms with Gasteiger partial charge in [0.1, 0.15) is 0 Å². The average molecular weight is 239 g/mol. The first-order chi connectivity index (χ1) is 8.08. The number of carbonyl (C=O) groups excluding carboxylic acids is 2. The van der Waals surface area contributed by atoms with Crippen molar-refractivity contribution in [1.29, 1.82) is 0 Å². The van der Waals surface area contributed by atoms with Gasteiger partial charge in [-0.1, -0.05) is 0 Å². The Balaban J connectivity index is 1.89. The van der Waals surface area contributed by atoms with Crippen molar-refractivity contribution in [2.24, 2.45) is 11.7 Å². The van der Waals surface area contributed by atoms with Gasteiger partial charge in [0.15, 0.2) is 0 Å². The molecule has 17 heavy (non-hydrogen) atoms. The lowest BCUT2D eigenvalue weighted by Crippen LogP contribution is -2.52. The third-order valence-electron chi connectivity index (χ3n) is 3.89. The van der Waals surface area contributed by atoms with Gasteiger partial charge in [-0.25, -0.2) is 0 Å². The molecular weight excluding hydrogens is 218 g/mol. The summed E-state index contributed by atoms with van der Waals surface area (Å²) in [5.74, 6) is 0.279. The standard InChI is InChI=1S/C12H21N3O2/c1-14-6-7-15(8-11(14)16)12(17)9-2-4-10(13)5-3-9/h9-10H,2-8,13H2,1H3. The minimum Gasteiger partial charge on any atom is -0.342 e. The Kier molecular flexibility index (Phi) is 3.66. The van der Waals surface area contributed by atoms with Crippen molar-refractivity contribution in [3.8, 4) is 0 Å². The Labute approximate surface area is 102 Å². The van der Waals surface area contributed by atoms with E-state index in [4.69, 9.17) is 5.73 Å². The molecule has 0 spiro atoms. The van der Waals surface area contributed by atoms with Crippen molar-refractivity contribution in [2.75, 3.05) is 26.7 Å². The molecule has 2 N–H and O–H groups in total. The third kappa shape index (κ3) is 2.77. The van der Waals surface area contributed by atoms with Crippen LogP contribution in [-0.2, 0) is 9.59 Å². The van der Waals surface area contributed by atoms with Crippen molar-refractivity contribution in [1.82, 2.24) is 9.80 Å². The van der Waals surface area contributed by atoms with Crippen LogP contribution in [0, 0.1) is 5.92 Å². The molecule has 1 saturated carbocycles. The second-order valence-electron chi connectivity index (χ2n) is 5.19. The topological polar surface area (TPSA) is 66.6 Å². The molecule has 0 bridgehead atoms. The van der Waals surface area contributed by atoms with E-state index in [2.05, 4.69) is 0 Å². The summed E-state index contributed by atoms with van der Waals surface area (Å²) < 4.78 is 0. The lowest BCUT2D eigenvalue weighted by molar-refractivity contribution is -0.147. The summed E-state index contributed by atoms with van der Waals surface area (Å²) in [5, 5.41) is 0. The molecule has 0 aromatic rings. The van der Waals surface area contributed by atoms with Crippen LogP contribution in [0.4, 0.5) is 0 Å². The first-order valence-corrected chi connectivity index (χ1v) is 6.36. The largest absolute Gasteiger partial charge is 0.342 e. The van der Waals surface area contributed by atoms with Crippen molar-refractivity contribution < 1.29 is 9.59 Å². The molecule has 0 unspecified atom stereocenters. The maximum Gasteiger partial charge on any atom is 0.241 e. The average Bonchev–Trinajstić information content (AvgIpc) is 2.33. The maximum absolute atomic E-state index is 12.2. The fourth-order valence-corrected chi connectivity index (χ4v) is 2.57. The summed E-state index contributed by atoms with van der Waals surface area (Å²) in [7, 11) is 1.78. The van der Waals surface area contributed by atoms with Crippen LogP contribution in [0.2, 0.25) is 0 Å². The number of piperazine rings is 1. The molecule has 0 aromatic carbocycles. The van der Waals surface area contributed by atoms with Gasteiger partial charge in [-0.3, -0.25) is 9.59 Å². The van der Waals surface area contributed by atoms with Crippen molar-refractivity contribution >= 4 is 11.8 Å². The lowest BCUT2D eigenvalue weighted by Gasteiger charge is -2.35. The molecule has 96 valence electrons. The van der Waals surface area contributed by atoms with Gasteiger partial charge >= 0.3 is 0 Å². The highest BCUT2D eigenvalue weighted by Gasteiger charge is 2.31. The zero-order valence-electron chi connectivity index (χ0n) is 10.4. The van der Waals surface area contributed by atoms with Gasteiger partial charge in [-0.05, 0) is 25.7 Å². The third-order valence-corrected chi connectivity index (χ3v) is 3.89. The Hall–Kier alpha value is -1.10. The maximum atomic E-state index is 12.2. The number of carbonyl (C=O) groups is 2. The Morgan fingerprint density at radius 3 is 2.47 bits per heavy atom. The Morgan fingerprint density at radius 1 is 1.24 bits per heavy atom. The van der Waals surface area contributed by atoms with Gasteiger partial charge in [0.25, 0.3) is 0 Å². The van der Waals surface area contributed by atoms with Crippen LogP contribution in [0.1, 0.15) is 25.7 Å². The summed E-state index contributed by atoms with van der Waals surface area (Å²) in [4.78, 5) is 27.2. The fourth-order valence-electron chi connectivity index (χ4n) is 2.57. The van der Waals surface area contributed by atoms with Crippen LogP contribution < -0.4 is 5.73 Å². The highest BCUT2D eigenvalue weighted by atomic mass is 16.2. The van der Waals surface area contributed by atoms with Gasteiger partial charge in [0.05, 0.1) is 6.54 Å². The van der Waals surface area contributed by atoms with Crippen molar-refractivity contribution in [3.63, 3.8) is 0 Å². The SMILES string of the molecule is CN1CCN(C(=O)C2CCC(N)CC2)CC1=O. The Bertz CT molecular complexity index is 311. The van der Waals surface area contributed by atoms with Gasteiger partial charge in [0, 0.05) is 32.1 Å². The first-order valence-electron chi connectivity index (χ1n) is 6.36. The molecule has 0 aromatic heterocycles. The van der Waals surface area contributed by atoms with E-state index in [9.17, 15) is 9.59 Å². The number of hydrogen-bond acceptors (Lipinski definition) is 3. The normalized spacial score (nSPS) is 30.6. The quantitative estimate of drug-likeness (QED) is 0.689. The van der Waals surface area contributed by atoms with Crippen molar-refractivity contribution in [2.45, 2.75) is 31.7 Å². The van der Waals surface area contributed by atoms with E-state index in [1.807, 2.05) is 0 Å². The summed E-state index contributed by atoms with van der Waals surface area (Å²) in [5.41, 5.74) is 5.83. The van der Waals surface area contributed by atoms with Crippen LogP contribution in [-0.4, -0.2) is 54.3 Å². The van der Waals surface area contributed by atoms with E-state index in [-0.39, 0.29) is 30.3 Å². The fraction of sp³-hybridized carbons (Fsp3) is 0.833. The molecule has 2 amide bonds. The summed E-state index contributed by atoms with van der Waals surface area (Å²) in [6.07, 6.45) is 3.61. The molecule has 2 rings (SSSR count). The molecule has 2 fully saturated rings. The molecule has 1 heterocycles. The lowest BCUT2D eigenvalue weighted by atomic mass is 9.85. The van der Waals surface area contributed by atoms with Crippen LogP contribution in [0.25, 0.3) is 0 Å². The van der Waals surface area contributed by atoms with Gasteiger partial charge in [0.2, 0.25) is 11.8 Å². The number of rotatable bonds is 1. The zero-order valence-corrected chi connectivity index (χ0v) is 10.4. The molecule has 2 aliphatic rings. The number of nitrogens with two attached hydrogens (primary N) is 1. The number of amides is 2. The predicted octanol–water partition coefficient (Wildman–Crippen LogP) is -0.195. The van der Waals surface area contributed by atoms with Crippen LogP contribution in [0.3, 0.4) is 0 Å².